The molecule has 1 aliphatic heterocycles. The highest BCUT2D eigenvalue weighted by Crippen LogP contribution is 2.19. The van der Waals surface area contributed by atoms with Crippen molar-refractivity contribution in [3.63, 3.8) is 0 Å². The first kappa shape index (κ1) is 14.3. The van der Waals surface area contributed by atoms with Crippen molar-refractivity contribution in [2.24, 2.45) is 0 Å². The van der Waals surface area contributed by atoms with Gasteiger partial charge in [-0.2, -0.15) is 0 Å². The predicted octanol–water partition coefficient (Wildman–Crippen LogP) is 0.372. The first-order valence-electron chi connectivity index (χ1n) is 6.37. The third kappa shape index (κ3) is 3.05. The van der Waals surface area contributed by atoms with E-state index >= 15 is 0 Å². The fourth-order valence-electron chi connectivity index (χ4n) is 2.28. The number of carbonyl (C=O) groups is 2. The molecule has 0 radical (unpaired) electrons. The number of aliphatic hydroxyl groups is 1. The van der Waals surface area contributed by atoms with Gasteiger partial charge >= 0.3 is 12.0 Å². The molecule has 1 aliphatic rings. The van der Waals surface area contributed by atoms with Gasteiger partial charge in [-0.05, 0) is 24.6 Å². The van der Waals surface area contributed by atoms with Gasteiger partial charge in [-0.1, -0.05) is 0 Å². The predicted molar refractivity (Wildman–Crippen MR) is 69.9 cm³/mol. The summed E-state index contributed by atoms with van der Waals surface area (Å²) in [5, 5.41) is 21.3. The van der Waals surface area contributed by atoms with Crippen LogP contribution in [0.1, 0.15) is 24.9 Å². The van der Waals surface area contributed by atoms with E-state index in [-0.39, 0.29) is 19.0 Å². The van der Waals surface area contributed by atoms with E-state index < -0.39 is 24.1 Å². The summed E-state index contributed by atoms with van der Waals surface area (Å²) in [6.07, 6.45) is 2.51. The monoisotopic (exact) mass is 279 g/mol. The van der Waals surface area contributed by atoms with Crippen LogP contribution >= 0.6 is 0 Å². The number of pyridine rings is 1. The summed E-state index contributed by atoms with van der Waals surface area (Å²) in [4.78, 5) is 28.2. The van der Waals surface area contributed by atoms with Crippen molar-refractivity contribution < 1.29 is 19.8 Å². The molecule has 1 aromatic rings. The molecular weight excluding hydrogens is 262 g/mol. The van der Waals surface area contributed by atoms with Crippen molar-refractivity contribution >= 4 is 12.0 Å². The Labute approximate surface area is 116 Å². The molecule has 108 valence electrons. The largest absolute Gasteiger partial charge is 0.480 e. The van der Waals surface area contributed by atoms with Gasteiger partial charge < -0.3 is 20.4 Å². The van der Waals surface area contributed by atoms with Crippen LogP contribution in [0, 0.1) is 0 Å². The molecule has 0 aliphatic carbocycles. The molecule has 0 aromatic carbocycles. The fourth-order valence-corrected chi connectivity index (χ4v) is 2.28. The Morgan fingerprint density at radius 2 is 2.10 bits per heavy atom. The van der Waals surface area contributed by atoms with Crippen LogP contribution in [0.3, 0.4) is 0 Å². The lowest BCUT2D eigenvalue weighted by Crippen LogP contribution is -2.46. The molecule has 20 heavy (non-hydrogen) atoms. The Hall–Kier alpha value is -2.15. The van der Waals surface area contributed by atoms with Crippen molar-refractivity contribution in [1.29, 1.82) is 0 Å². The maximum atomic E-state index is 12.1. The molecule has 2 heterocycles. The summed E-state index contributed by atoms with van der Waals surface area (Å²) < 4.78 is 0. The number of rotatable bonds is 3. The summed E-state index contributed by atoms with van der Waals surface area (Å²) in [5.74, 6) is -1.10. The van der Waals surface area contributed by atoms with Gasteiger partial charge in [0.15, 0.2) is 0 Å². The Morgan fingerprint density at radius 1 is 1.45 bits per heavy atom. The van der Waals surface area contributed by atoms with Crippen LogP contribution in [0.25, 0.3) is 0 Å². The van der Waals surface area contributed by atoms with Gasteiger partial charge in [0, 0.05) is 25.4 Å². The number of carboxylic acids is 1. The van der Waals surface area contributed by atoms with E-state index in [4.69, 9.17) is 5.11 Å². The van der Waals surface area contributed by atoms with Crippen molar-refractivity contribution in [2.75, 3.05) is 6.54 Å². The SMILES string of the molecule is CC(NC(=O)N1C[C@H](O)C[C@H]1C(=O)O)c1ccncc1. The van der Waals surface area contributed by atoms with E-state index in [1.54, 1.807) is 31.5 Å². The number of carboxylic acid groups (broad SMARTS) is 1. The third-order valence-electron chi connectivity index (χ3n) is 3.37. The highest BCUT2D eigenvalue weighted by atomic mass is 16.4. The Balaban J connectivity index is 2.02. The van der Waals surface area contributed by atoms with Gasteiger partial charge in [-0.15, -0.1) is 0 Å². The van der Waals surface area contributed by atoms with E-state index in [2.05, 4.69) is 10.3 Å². The number of aliphatic carboxylic acids is 1. The molecule has 0 spiro atoms. The molecule has 0 bridgehead atoms. The van der Waals surface area contributed by atoms with E-state index in [1.165, 1.54) is 0 Å². The van der Waals surface area contributed by atoms with E-state index in [0.717, 1.165) is 10.5 Å². The number of likely N-dealkylation sites (tertiary alicyclic amines) is 1. The number of nitrogens with zero attached hydrogens (tertiary/aromatic N) is 2. The first-order valence-corrected chi connectivity index (χ1v) is 6.37. The molecule has 3 N–H and O–H groups in total. The summed E-state index contributed by atoms with van der Waals surface area (Å²) in [7, 11) is 0. The minimum atomic E-state index is -1.10. The zero-order valence-corrected chi connectivity index (χ0v) is 11.1. The van der Waals surface area contributed by atoms with Crippen LogP contribution in [0.4, 0.5) is 4.79 Å². The molecule has 1 saturated heterocycles. The molecule has 7 nitrogen and oxygen atoms in total. The minimum Gasteiger partial charge on any atom is -0.480 e. The van der Waals surface area contributed by atoms with Gasteiger partial charge in [-0.25, -0.2) is 9.59 Å². The summed E-state index contributed by atoms with van der Waals surface area (Å²) in [6, 6.07) is 1.82. The Morgan fingerprint density at radius 3 is 2.70 bits per heavy atom. The molecule has 2 rings (SSSR count). The second kappa shape index (κ2) is 5.87. The van der Waals surface area contributed by atoms with Gasteiger partial charge in [0.1, 0.15) is 6.04 Å². The number of hydrogen-bond acceptors (Lipinski definition) is 4. The number of aromatic nitrogens is 1. The average Bonchev–Trinajstić information content (AvgIpc) is 2.82. The molecule has 3 atom stereocenters. The van der Waals surface area contributed by atoms with E-state index in [1.807, 2.05) is 0 Å². The fraction of sp³-hybridized carbons (Fsp3) is 0.462. The average molecular weight is 279 g/mol. The molecule has 1 fully saturated rings. The van der Waals surface area contributed by atoms with Crippen LogP contribution in [0.2, 0.25) is 0 Å². The first-order chi connectivity index (χ1) is 9.49. The normalized spacial score (nSPS) is 23.4. The van der Waals surface area contributed by atoms with Gasteiger partial charge in [0.2, 0.25) is 0 Å². The topological polar surface area (TPSA) is 103 Å². The third-order valence-corrected chi connectivity index (χ3v) is 3.37. The lowest BCUT2D eigenvalue weighted by molar-refractivity contribution is -0.141. The van der Waals surface area contributed by atoms with Gasteiger partial charge in [0.25, 0.3) is 0 Å². The molecule has 0 saturated carbocycles. The number of β-amino-alcohol motifs (C(OH)–C–C–N with tert-alkyl or cyclic N) is 1. The number of amides is 2. The van der Waals surface area contributed by atoms with Crippen molar-refractivity contribution in [3.8, 4) is 0 Å². The Bertz CT molecular complexity index is 494. The lowest BCUT2D eigenvalue weighted by atomic mass is 10.1. The van der Waals surface area contributed by atoms with Crippen LogP contribution in [0.5, 0.6) is 0 Å². The standard InChI is InChI=1S/C13H17N3O4/c1-8(9-2-4-14-5-3-9)15-13(20)16-7-10(17)6-11(16)12(18)19/h2-5,8,10-11,17H,6-7H2,1H3,(H,15,20)(H,18,19)/t8?,10-,11+/m1/s1. The van der Waals surface area contributed by atoms with Crippen molar-refractivity contribution in [1.82, 2.24) is 15.2 Å². The summed E-state index contributed by atoms with van der Waals surface area (Å²) >= 11 is 0. The van der Waals surface area contributed by atoms with Gasteiger partial charge in [-0.3, -0.25) is 4.98 Å². The number of hydrogen-bond donors (Lipinski definition) is 3. The van der Waals surface area contributed by atoms with Crippen LogP contribution < -0.4 is 5.32 Å². The van der Waals surface area contributed by atoms with Crippen molar-refractivity contribution in [2.45, 2.75) is 31.5 Å². The molecule has 7 heteroatoms. The van der Waals surface area contributed by atoms with Crippen molar-refractivity contribution in [3.05, 3.63) is 30.1 Å². The number of aliphatic hydroxyl groups excluding tert-OH is 1. The second-order valence-corrected chi connectivity index (χ2v) is 4.85. The minimum absolute atomic E-state index is 0.0336. The second-order valence-electron chi connectivity index (χ2n) is 4.85. The zero-order chi connectivity index (χ0) is 14.7. The number of carbonyl (C=O) groups excluding carboxylic acids is 1. The summed E-state index contributed by atoms with van der Waals surface area (Å²) in [5.41, 5.74) is 0.875. The van der Waals surface area contributed by atoms with Crippen LogP contribution in [-0.4, -0.2) is 50.8 Å². The lowest BCUT2D eigenvalue weighted by Gasteiger charge is -2.24. The maximum absolute atomic E-state index is 12.1. The quantitative estimate of drug-likeness (QED) is 0.742. The van der Waals surface area contributed by atoms with Gasteiger partial charge in [0.05, 0.1) is 12.1 Å². The highest BCUT2D eigenvalue weighted by molar-refractivity contribution is 5.83. The maximum Gasteiger partial charge on any atom is 0.326 e. The molecule has 1 aromatic heterocycles. The van der Waals surface area contributed by atoms with Crippen LogP contribution in [-0.2, 0) is 4.79 Å². The Kier molecular flexibility index (Phi) is 4.19. The zero-order valence-electron chi connectivity index (χ0n) is 11.1. The molecular formula is C13H17N3O4. The molecule has 2 amide bonds. The van der Waals surface area contributed by atoms with Crippen LogP contribution in [0.15, 0.2) is 24.5 Å². The highest BCUT2D eigenvalue weighted by Gasteiger charge is 2.39. The van der Waals surface area contributed by atoms with E-state index in [9.17, 15) is 14.7 Å². The number of nitrogens with one attached hydrogen (secondary N) is 1. The van der Waals surface area contributed by atoms with E-state index in [0.29, 0.717) is 0 Å². The molecule has 1 unspecified atom stereocenters. The smallest absolute Gasteiger partial charge is 0.326 e. The number of urea groups is 1. The summed E-state index contributed by atoms with van der Waals surface area (Å²) in [6.45, 7) is 1.83.